The van der Waals surface area contributed by atoms with Gasteiger partial charge < -0.3 is 10.1 Å². The van der Waals surface area contributed by atoms with E-state index < -0.39 is 0 Å². The summed E-state index contributed by atoms with van der Waals surface area (Å²) in [6.07, 6.45) is 0.993. The lowest BCUT2D eigenvalue weighted by atomic mass is 9.92. The molecule has 1 atom stereocenters. The molecule has 21 heavy (non-hydrogen) atoms. The van der Waals surface area contributed by atoms with E-state index in [1.54, 1.807) is 7.11 Å². The van der Waals surface area contributed by atoms with Gasteiger partial charge in [0, 0.05) is 16.9 Å². The molecule has 0 saturated carbocycles. The van der Waals surface area contributed by atoms with E-state index >= 15 is 0 Å². The molecule has 0 spiro atoms. The Hall–Kier alpha value is -1.32. The Labute approximate surface area is 135 Å². The third-order valence-corrected chi connectivity index (χ3v) is 4.32. The molecule has 2 rings (SSSR count). The third-order valence-electron chi connectivity index (χ3n) is 3.60. The molecule has 3 heteroatoms. The van der Waals surface area contributed by atoms with Crippen LogP contribution in [0, 0.1) is 0 Å². The Morgan fingerprint density at radius 2 is 1.95 bits per heavy atom. The molecule has 0 aliphatic rings. The maximum absolute atomic E-state index is 5.32. The average Bonchev–Trinajstić information content (AvgIpc) is 2.52. The monoisotopic (exact) mass is 347 g/mol. The Balaban J connectivity index is 2.21. The molecule has 2 nitrogen and oxygen atoms in total. The Kier molecular flexibility index (Phi) is 6.27. The molecule has 1 N–H and O–H groups in total. The second kappa shape index (κ2) is 8.20. The van der Waals surface area contributed by atoms with Crippen LogP contribution in [0.1, 0.15) is 24.0 Å². The highest BCUT2D eigenvalue weighted by molar-refractivity contribution is 9.10. The number of ether oxygens (including phenoxy) is 1. The van der Waals surface area contributed by atoms with Crippen molar-refractivity contribution in [3.05, 3.63) is 64.1 Å². The van der Waals surface area contributed by atoms with Crippen molar-refractivity contribution >= 4 is 15.9 Å². The van der Waals surface area contributed by atoms with Crippen LogP contribution in [0.15, 0.2) is 53.0 Å². The summed E-state index contributed by atoms with van der Waals surface area (Å²) in [4.78, 5) is 0. The van der Waals surface area contributed by atoms with Gasteiger partial charge in [-0.05, 0) is 42.3 Å². The van der Waals surface area contributed by atoms with Gasteiger partial charge in [0.15, 0.2) is 0 Å². The second-order valence-corrected chi connectivity index (χ2v) is 5.94. The van der Waals surface area contributed by atoms with Gasteiger partial charge in [0.05, 0.1) is 7.11 Å². The number of likely N-dealkylation sites (N-methyl/N-ethyl adjacent to an activating group) is 1. The summed E-state index contributed by atoms with van der Waals surface area (Å²) in [6.45, 7) is 4.10. The third kappa shape index (κ3) is 4.58. The minimum atomic E-state index is 0.438. The zero-order valence-electron chi connectivity index (χ0n) is 12.6. The molecule has 0 saturated heterocycles. The number of methoxy groups -OCH3 is 1. The van der Waals surface area contributed by atoms with Crippen LogP contribution in [0.4, 0.5) is 0 Å². The highest BCUT2D eigenvalue weighted by Crippen LogP contribution is 2.28. The van der Waals surface area contributed by atoms with Gasteiger partial charge >= 0.3 is 0 Å². The molecule has 2 aromatic rings. The number of hydrogen-bond donors (Lipinski definition) is 1. The van der Waals surface area contributed by atoms with Gasteiger partial charge in [-0.15, -0.1) is 0 Å². The van der Waals surface area contributed by atoms with Gasteiger partial charge in [-0.25, -0.2) is 0 Å². The van der Waals surface area contributed by atoms with E-state index in [-0.39, 0.29) is 0 Å². The maximum atomic E-state index is 5.32. The fraction of sp³-hybridized carbons (Fsp3) is 0.333. The van der Waals surface area contributed by atoms with E-state index in [0.29, 0.717) is 5.92 Å². The summed E-state index contributed by atoms with van der Waals surface area (Å²) in [6, 6.07) is 16.8. The highest BCUT2D eigenvalue weighted by Gasteiger charge is 2.15. The lowest BCUT2D eigenvalue weighted by molar-refractivity contribution is 0.414. The predicted molar refractivity (Wildman–Crippen MR) is 92.1 cm³/mol. The standard InChI is InChI=1S/C18H22BrNO/c1-3-20-13-15(17-9-4-5-10-18(17)19)11-14-7-6-8-16(12-14)21-2/h4-10,12,15,20H,3,11,13H2,1-2H3. The Bertz CT molecular complexity index is 571. The molecular formula is C18H22BrNO. The summed E-state index contributed by atoms with van der Waals surface area (Å²) in [5.74, 6) is 1.36. The van der Waals surface area contributed by atoms with Crippen LogP contribution in [0.2, 0.25) is 0 Å². The molecule has 0 aliphatic carbocycles. The molecule has 112 valence electrons. The normalized spacial score (nSPS) is 12.1. The van der Waals surface area contributed by atoms with Gasteiger partial charge in [-0.1, -0.05) is 53.2 Å². The molecule has 0 heterocycles. The summed E-state index contributed by atoms with van der Waals surface area (Å²) in [5, 5.41) is 3.47. The van der Waals surface area contributed by atoms with Gasteiger partial charge in [-0.2, -0.15) is 0 Å². The fourth-order valence-electron chi connectivity index (χ4n) is 2.50. The van der Waals surface area contributed by atoms with E-state index in [0.717, 1.165) is 25.3 Å². The minimum Gasteiger partial charge on any atom is -0.497 e. The summed E-state index contributed by atoms with van der Waals surface area (Å²) >= 11 is 3.68. The van der Waals surface area contributed by atoms with Crippen LogP contribution in [0.5, 0.6) is 5.75 Å². The van der Waals surface area contributed by atoms with Crippen molar-refractivity contribution in [1.82, 2.24) is 5.32 Å². The van der Waals surface area contributed by atoms with E-state index in [1.165, 1.54) is 15.6 Å². The molecule has 2 aromatic carbocycles. The van der Waals surface area contributed by atoms with Crippen LogP contribution < -0.4 is 10.1 Å². The predicted octanol–water partition coefficient (Wildman–Crippen LogP) is 4.39. The van der Waals surface area contributed by atoms with Gasteiger partial charge in [0.25, 0.3) is 0 Å². The van der Waals surface area contributed by atoms with Crippen molar-refractivity contribution in [3.63, 3.8) is 0 Å². The first-order valence-electron chi connectivity index (χ1n) is 7.32. The Morgan fingerprint density at radius 1 is 1.14 bits per heavy atom. The van der Waals surface area contributed by atoms with E-state index in [2.05, 4.69) is 70.6 Å². The van der Waals surface area contributed by atoms with Gasteiger partial charge in [-0.3, -0.25) is 0 Å². The van der Waals surface area contributed by atoms with E-state index in [9.17, 15) is 0 Å². The first-order chi connectivity index (χ1) is 10.2. The van der Waals surface area contributed by atoms with Crippen molar-refractivity contribution in [3.8, 4) is 5.75 Å². The quantitative estimate of drug-likeness (QED) is 0.801. The van der Waals surface area contributed by atoms with Crippen LogP contribution >= 0.6 is 15.9 Å². The molecular weight excluding hydrogens is 326 g/mol. The Morgan fingerprint density at radius 3 is 2.67 bits per heavy atom. The maximum Gasteiger partial charge on any atom is 0.119 e. The zero-order valence-corrected chi connectivity index (χ0v) is 14.2. The number of rotatable bonds is 7. The number of hydrogen-bond acceptors (Lipinski definition) is 2. The number of halogens is 1. The van der Waals surface area contributed by atoms with Crippen molar-refractivity contribution in [2.45, 2.75) is 19.3 Å². The lowest BCUT2D eigenvalue weighted by Gasteiger charge is -2.19. The first kappa shape index (κ1) is 16.1. The average molecular weight is 348 g/mol. The SMILES string of the molecule is CCNCC(Cc1cccc(OC)c1)c1ccccc1Br. The molecule has 0 bridgehead atoms. The van der Waals surface area contributed by atoms with Gasteiger partial charge in [0.2, 0.25) is 0 Å². The summed E-state index contributed by atoms with van der Waals surface area (Å²) in [7, 11) is 1.71. The molecule has 0 aliphatic heterocycles. The molecule has 0 aromatic heterocycles. The van der Waals surface area contributed by atoms with E-state index in [4.69, 9.17) is 4.74 Å². The number of benzene rings is 2. The molecule has 1 unspecified atom stereocenters. The minimum absolute atomic E-state index is 0.438. The molecule has 0 fully saturated rings. The lowest BCUT2D eigenvalue weighted by Crippen LogP contribution is -2.23. The van der Waals surface area contributed by atoms with Crippen LogP contribution in [-0.2, 0) is 6.42 Å². The summed E-state index contributed by atoms with van der Waals surface area (Å²) < 4.78 is 6.50. The smallest absolute Gasteiger partial charge is 0.119 e. The van der Waals surface area contributed by atoms with Crippen LogP contribution in [0.25, 0.3) is 0 Å². The van der Waals surface area contributed by atoms with Crippen molar-refractivity contribution in [2.24, 2.45) is 0 Å². The molecule has 0 radical (unpaired) electrons. The van der Waals surface area contributed by atoms with Crippen LogP contribution in [0.3, 0.4) is 0 Å². The largest absolute Gasteiger partial charge is 0.497 e. The second-order valence-electron chi connectivity index (χ2n) is 5.08. The fourth-order valence-corrected chi connectivity index (χ4v) is 3.11. The van der Waals surface area contributed by atoms with Crippen molar-refractivity contribution < 1.29 is 4.74 Å². The van der Waals surface area contributed by atoms with Gasteiger partial charge in [0.1, 0.15) is 5.75 Å². The van der Waals surface area contributed by atoms with Crippen LogP contribution in [-0.4, -0.2) is 20.2 Å². The topological polar surface area (TPSA) is 21.3 Å². The van der Waals surface area contributed by atoms with Crippen molar-refractivity contribution in [2.75, 3.05) is 20.2 Å². The van der Waals surface area contributed by atoms with E-state index in [1.807, 2.05) is 6.07 Å². The molecule has 0 amide bonds. The number of nitrogens with one attached hydrogen (secondary N) is 1. The summed E-state index contributed by atoms with van der Waals surface area (Å²) in [5.41, 5.74) is 2.65. The first-order valence-corrected chi connectivity index (χ1v) is 8.12. The highest BCUT2D eigenvalue weighted by atomic mass is 79.9. The zero-order chi connectivity index (χ0) is 15.1. The van der Waals surface area contributed by atoms with Crippen molar-refractivity contribution in [1.29, 1.82) is 0 Å².